The standard InChI is InChI=1S/C17H18N2O5S2/c1-9(20)18-11-3-5-12(6-4-11)25-7-10-8-26-16-14(24-2)15(21)19(16)13(10)17(22)23/h3-6,14,16H,7-8H2,1-2H3,(H,18,20)(H,22,23)/t14-,16+/m0/s1. The van der Waals surface area contributed by atoms with Gasteiger partial charge < -0.3 is 15.2 Å². The van der Waals surface area contributed by atoms with Crippen LogP contribution in [-0.2, 0) is 19.1 Å². The van der Waals surface area contributed by atoms with Crippen LogP contribution in [0.4, 0.5) is 5.69 Å². The largest absolute Gasteiger partial charge is 0.477 e. The van der Waals surface area contributed by atoms with Crippen molar-refractivity contribution in [2.75, 3.05) is 23.9 Å². The molecule has 1 aromatic rings. The van der Waals surface area contributed by atoms with E-state index in [9.17, 15) is 19.5 Å². The van der Waals surface area contributed by atoms with Gasteiger partial charge in [0.1, 0.15) is 11.1 Å². The maximum Gasteiger partial charge on any atom is 0.352 e. The van der Waals surface area contributed by atoms with E-state index in [0.717, 1.165) is 10.5 Å². The van der Waals surface area contributed by atoms with Gasteiger partial charge in [-0.25, -0.2) is 4.79 Å². The minimum Gasteiger partial charge on any atom is -0.477 e. The second-order valence-corrected chi connectivity index (χ2v) is 7.97. The molecule has 0 spiro atoms. The van der Waals surface area contributed by atoms with Crippen molar-refractivity contribution in [3.05, 3.63) is 35.5 Å². The highest BCUT2D eigenvalue weighted by Crippen LogP contribution is 2.42. The van der Waals surface area contributed by atoms with Gasteiger partial charge in [-0.3, -0.25) is 14.5 Å². The molecular weight excluding hydrogens is 376 g/mol. The van der Waals surface area contributed by atoms with Gasteiger partial charge in [0.2, 0.25) is 5.91 Å². The van der Waals surface area contributed by atoms with Crippen LogP contribution in [0.1, 0.15) is 6.92 Å². The van der Waals surface area contributed by atoms with Gasteiger partial charge in [-0.2, -0.15) is 0 Å². The summed E-state index contributed by atoms with van der Waals surface area (Å²) in [6.45, 7) is 1.45. The van der Waals surface area contributed by atoms with Crippen LogP contribution in [0.5, 0.6) is 0 Å². The third-order valence-electron chi connectivity index (χ3n) is 4.04. The second kappa shape index (κ2) is 7.73. The number of rotatable bonds is 6. The van der Waals surface area contributed by atoms with E-state index in [0.29, 0.717) is 17.2 Å². The number of carboxylic acid groups (broad SMARTS) is 1. The van der Waals surface area contributed by atoms with Crippen molar-refractivity contribution >= 4 is 47.0 Å². The Morgan fingerprint density at radius 1 is 1.38 bits per heavy atom. The molecule has 0 radical (unpaired) electrons. The van der Waals surface area contributed by atoms with Crippen LogP contribution in [0, 0.1) is 0 Å². The average molecular weight is 394 g/mol. The molecule has 0 aliphatic carbocycles. The smallest absolute Gasteiger partial charge is 0.352 e. The van der Waals surface area contributed by atoms with Crippen LogP contribution < -0.4 is 5.32 Å². The number of thioether (sulfide) groups is 2. The lowest BCUT2D eigenvalue weighted by Gasteiger charge is -2.48. The molecule has 7 nitrogen and oxygen atoms in total. The monoisotopic (exact) mass is 394 g/mol. The van der Waals surface area contributed by atoms with Crippen molar-refractivity contribution in [2.24, 2.45) is 0 Å². The van der Waals surface area contributed by atoms with E-state index in [-0.39, 0.29) is 22.9 Å². The van der Waals surface area contributed by atoms with Crippen molar-refractivity contribution in [1.82, 2.24) is 4.90 Å². The Morgan fingerprint density at radius 2 is 2.08 bits per heavy atom. The molecule has 2 amide bonds. The molecule has 138 valence electrons. The zero-order chi connectivity index (χ0) is 18.8. The Morgan fingerprint density at radius 3 is 2.65 bits per heavy atom. The third-order valence-corrected chi connectivity index (χ3v) is 6.46. The van der Waals surface area contributed by atoms with Crippen LogP contribution >= 0.6 is 23.5 Å². The predicted molar refractivity (Wildman–Crippen MR) is 100 cm³/mol. The fraction of sp³-hybridized carbons (Fsp3) is 0.353. The van der Waals surface area contributed by atoms with Gasteiger partial charge in [-0.05, 0) is 29.8 Å². The normalized spacial score (nSPS) is 21.9. The highest BCUT2D eigenvalue weighted by Gasteiger charge is 2.53. The summed E-state index contributed by atoms with van der Waals surface area (Å²) >= 11 is 3.02. The molecule has 0 saturated carbocycles. The number of hydrogen-bond acceptors (Lipinski definition) is 6. The lowest BCUT2D eigenvalue weighted by atomic mass is 10.1. The SMILES string of the molecule is CO[C@H]1C(=O)N2C(C(=O)O)=C(CSc3ccc(NC(C)=O)cc3)CS[C@H]12. The number of methoxy groups -OCH3 is 1. The van der Waals surface area contributed by atoms with Gasteiger partial charge in [0.05, 0.1) is 0 Å². The molecule has 2 N–H and O–H groups in total. The third kappa shape index (κ3) is 3.60. The molecule has 2 heterocycles. The molecule has 0 bridgehead atoms. The molecule has 0 unspecified atom stereocenters. The van der Waals surface area contributed by atoms with Crippen molar-refractivity contribution in [3.63, 3.8) is 0 Å². The first-order valence-electron chi connectivity index (χ1n) is 7.85. The first kappa shape index (κ1) is 18.8. The molecule has 3 rings (SSSR count). The van der Waals surface area contributed by atoms with E-state index in [1.807, 2.05) is 12.1 Å². The molecule has 2 aliphatic heterocycles. The Balaban J connectivity index is 1.72. The zero-order valence-electron chi connectivity index (χ0n) is 14.2. The van der Waals surface area contributed by atoms with Crippen LogP contribution in [-0.4, -0.2) is 57.9 Å². The topological polar surface area (TPSA) is 95.9 Å². The lowest BCUT2D eigenvalue weighted by Crippen LogP contribution is -2.65. The molecule has 1 saturated heterocycles. The van der Waals surface area contributed by atoms with E-state index in [1.165, 1.54) is 42.5 Å². The molecule has 2 atom stereocenters. The summed E-state index contributed by atoms with van der Waals surface area (Å²) in [4.78, 5) is 37.2. The average Bonchev–Trinajstić information content (AvgIpc) is 2.60. The second-order valence-electron chi connectivity index (χ2n) is 5.82. The quantitative estimate of drug-likeness (QED) is 0.563. The minimum atomic E-state index is -1.09. The number of benzene rings is 1. The number of carbonyl (C=O) groups excluding carboxylic acids is 2. The molecule has 1 aromatic carbocycles. The van der Waals surface area contributed by atoms with Crippen molar-refractivity contribution in [2.45, 2.75) is 23.3 Å². The number of anilines is 1. The molecule has 9 heteroatoms. The zero-order valence-corrected chi connectivity index (χ0v) is 15.9. The van der Waals surface area contributed by atoms with E-state index in [2.05, 4.69) is 5.32 Å². The van der Waals surface area contributed by atoms with E-state index < -0.39 is 12.1 Å². The molecule has 26 heavy (non-hydrogen) atoms. The maximum atomic E-state index is 12.1. The summed E-state index contributed by atoms with van der Waals surface area (Å²) in [5.41, 5.74) is 1.51. The van der Waals surface area contributed by atoms with Crippen molar-refractivity contribution in [1.29, 1.82) is 0 Å². The summed E-state index contributed by atoms with van der Waals surface area (Å²) in [7, 11) is 1.46. The van der Waals surface area contributed by atoms with E-state index >= 15 is 0 Å². The van der Waals surface area contributed by atoms with Crippen molar-refractivity contribution in [3.8, 4) is 0 Å². The van der Waals surface area contributed by atoms with Crippen LogP contribution in [0.2, 0.25) is 0 Å². The number of carbonyl (C=O) groups is 3. The van der Waals surface area contributed by atoms with Crippen LogP contribution in [0.15, 0.2) is 40.4 Å². The van der Waals surface area contributed by atoms with Crippen LogP contribution in [0.3, 0.4) is 0 Å². The minimum absolute atomic E-state index is 0.0782. The van der Waals surface area contributed by atoms with Gasteiger partial charge in [-0.15, -0.1) is 23.5 Å². The number of nitrogens with zero attached hydrogens (tertiary/aromatic N) is 1. The molecule has 0 aromatic heterocycles. The summed E-state index contributed by atoms with van der Waals surface area (Å²) < 4.78 is 5.14. The number of ether oxygens (including phenoxy) is 1. The fourth-order valence-corrected chi connectivity index (χ4v) is 5.26. The number of nitrogens with one attached hydrogen (secondary N) is 1. The Kier molecular flexibility index (Phi) is 5.59. The molecule has 1 fully saturated rings. The fourth-order valence-electron chi connectivity index (χ4n) is 2.85. The Hall–Kier alpha value is -1.97. The van der Waals surface area contributed by atoms with Gasteiger partial charge in [-0.1, -0.05) is 0 Å². The summed E-state index contributed by atoms with van der Waals surface area (Å²) in [6.07, 6.45) is -0.565. The number of hydrogen-bond donors (Lipinski definition) is 2. The van der Waals surface area contributed by atoms with E-state index in [1.54, 1.807) is 12.1 Å². The summed E-state index contributed by atoms with van der Waals surface area (Å²) in [5.74, 6) is -0.502. The number of aliphatic carboxylic acids is 1. The lowest BCUT2D eigenvalue weighted by molar-refractivity contribution is -0.162. The number of amides is 2. The Bertz CT molecular complexity index is 778. The van der Waals surface area contributed by atoms with Gasteiger partial charge in [0, 0.05) is 36.1 Å². The Labute approximate surface area is 159 Å². The van der Waals surface area contributed by atoms with E-state index in [4.69, 9.17) is 4.74 Å². The number of fused-ring (bicyclic) bond motifs is 1. The van der Waals surface area contributed by atoms with Gasteiger partial charge in [0.15, 0.2) is 6.10 Å². The maximum absolute atomic E-state index is 12.1. The number of β-lactam (4-membered cyclic amide) rings is 1. The number of carboxylic acids is 1. The highest BCUT2D eigenvalue weighted by molar-refractivity contribution is 8.01. The molecular formula is C17H18N2O5S2. The first-order chi connectivity index (χ1) is 12.4. The highest BCUT2D eigenvalue weighted by atomic mass is 32.2. The van der Waals surface area contributed by atoms with Crippen molar-refractivity contribution < 1.29 is 24.2 Å². The summed E-state index contributed by atoms with van der Waals surface area (Å²) in [6, 6.07) is 7.32. The molecule has 2 aliphatic rings. The summed E-state index contributed by atoms with van der Waals surface area (Å²) in [5, 5.41) is 12.0. The van der Waals surface area contributed by atoms with Gasteiger partial charge in [0.25, 0.3) is 5.91 Å². The predicted octanol–water partition coefficient (Wildman–Crippen LogP) is 2.01. The van der Waals surface area contributed by atoms with Crippen LogP contribution in [0.25, 0.3) is 0 Å². The van der Waals surface area contributed by atoms with Gasteiger partial charge >= 0.3 is 5.97 Å². The first-order valence-corrected chi connectivity index (χ1v) is 9.89.